The molecule has 0 saturated heterocycles. The summed E-state index contributed by atoms with van der Waals surface area (Å²) in [5.74, 6) is 0.643. The topological polar surface area (TPSA) is 29.5 Å². The fourth-order valence-electron chi connectivity index (χ4n) is 6.26. The highest BCUT2D eigenvalue weighted by Gasteiger charge is 2.42. The Morgan fingerprint density at radius 2 is 1.27 bits per heavy atom. The molecule has 3 nitrogen and oxygen atoms in total. The third kappa shape index (κ3) is 2.75. The van der Waals surface area contributed by atoms with Crippen LogP contribution in [-0.2, 0) is 0 Å². The molecule has 0 bridgehead atoms. The van der Waals surface area contributed by atoms with Crippen molar-refractivity contribution in [3.05, 3.63) is 121 Å². The number of anilines is 2. The molecule has 0 unspecified atom stereocenters. The van der Waals surface area contributed by atoms with Crippen molar-refractivity contribution < 1.29 is 9.53 Å². The number of fused-ring (bicyclic) bond motifs is 4. The number of carbonyl (C=O) groups excluding carboxylic acids is 1. The number of hydrogen-bond acceptors (Lipinski definition) is 2. The summed E-state index contributed by atoms with van der Waals surface area (Å²) < 4.78 is 6.27. The van der Waals surface area contributed by atoms with E-state index in [-0.39, 0.29) is 12.8 Å². The number of rotatable bonds is 2. The maximum absolute atomic E-state index is 13.8. The van der Waals surface area contributed by atoms with Crippen molar-refractivity contribution in [3.8, 4) is 16.9 Å². The normalized spacial score (nSPS) is 13.6. The molecule has 2 heterocycles. The third-order valence-electron chi connectivity index (χ3n) is 7.74. The number of carbonyl (C=O) groups is 1. The molecule has 8 rings (SSSR count). The number of hydrogen-bond donors (Lipinski definition) is 0. The molecule has 4 heteroatoms. The smallest absolute Gasteiger partial charge is 0.408 e. The van der Waals surface area contributed by atoms with Crippen LogP contribution in [0, 0.1) is 0 Å². The van der Waals surface area contributed by atoms with Crippen LogP contribution in [0.15, 0.2) is 121 Å². The van der Waals surface area contributed by atoms with Gasteiger partial charge in [0.25, 0.3) is 0 Å². The van der Waals surface area contributed by atoms with Crippen molar-refractivity contribution in [3.63, 3.8) is 0 Å². The molecule has 0 radical (unpaired) electrons. The van der Waals surface area contributed by atoms with Crippen LogP contribution in [0.3, 0.4) is 0 Å². The zero-order valence-electron chi connectivity index (χ0n) is 19.9. The molecule has 0 atom stereocenters. The minimum Gasteiger partial charge on any atom is -0.408 e. The van der Waals surface area contributed by atoms with E-state index >= 15 is 0 Å². The predicted molar refractivity (Wildman–Crippen MR) is 153 cm³/mol. The van der Waals surface area contributed by atoms with Gasteiger partial charge in [-0.25, -0.2) is 9.69 Å². The van der Waals surface area contributed by atoms with Crippen LogP contribution >= 0.6 is 0 Å². The molecule has 2 aliphatic rings. The lowest BCUT2D eigenvalue weighted by molar-refractivity contribution is 0.210. The van der Waals surface area contributed by atoms with Crippen LogP contribution in [0.4, 0.5) is 16.2 Å². The Hall–Kier alpha value is -4.83. The Kier molecular flexibility index (Phi) is 4.18. The van der Waals surface area contributed by atoms with Crippen LogP contribution in [0.5, 0.6) is 5.75 Å². The van der Waals surface area contributed by atoms with Gasteiger partial charge in [0.15, 0.2) is 5.75 Å². The van der Waals surface area contributed by atoms with E-state index in [1.807, 2.05) is 48.5 Å². The summed E-state index contributed by atoms with van der Waals surface area (Å²) in [5.41, 5.74) is 7.22. The largest absolute Gasteiger partial charge is 0.424 e. The van der Waals surface area contributed by atoms with Crippen LogP contribution in [0.1, 0.15) is 0 Å². The molecular weight excluding hydrogens is 453 g/mol. The lowest BCUT2D eigenvalue weighted by Gasteiger charge is -2.39. The molecule has 0 N–H and O–H groups in total. The zero-order chi connectivity index (χ0) is 24.5. The first-order valence-corrected chi connectivity index (χ1v) is 12.5. The van der Waals surface area contributed by atoms with Gasteiger partial charge >= 0.3 is 6.09 Å². The minimum absolute atomic E-state index is 0.0124. The van der Waals surface area contributed by atoms with Gasteiger partial charge in [-0.05, 0) is 38.7 Å². The molecule has 6 aromatic carbocycles. The summed E-state index contributed by atoms with van der Waals surface area (Å²) in [6.45, 7) is 0.0124. The predicted octanol–water partition coefficient (Wildman–Crippen LogP) is 6.14. The Morgan fingerprint density at radius 1 is 0.595 bits per heavy atom. The Balaban J connectivity index is 1.57. The van der Waals surface area contributed by atoms with Gasteiger partial charge in [0, 0.05) is 16.6 Å². The van der Waals surface area contributed by atoms with Crippen LogP contribution in [-0.4, -0.2) is 12.8 Å². The third-order valence-corrected chi connectivity index (χ3v) is 7.74. The van der Waals surface area contributed by atoms with Crippen LogP contribution in [0.2, 0.25) is 0 Å². The van der Waals surface area contributed by atoms with Crippen molar-refractivity contribution in [1.82, 2.24) is 0 Å². The Morgan fingerprint density at radius 3 is 2.08 bits per heavy atom. The summed E-state index contributed by atoms with van der Waals surface area (Å²) >= 11 is 0. The molecule has 0 saturated carbocycles. The second-order valence-electron chi connectivity index (χ2n) is 9.65. The van der Waals surface area contributed by atoms with E-state index in [1.165, 1.54) is 5.46 Å². The number of para-hydroxylation sites is 1. The molecule has 172 valence electrons. The van der Waals surface area contributed by atoms with Crippen molar-refractivity contribution in [2.24, 2.45) is 0 Å². The second kappa shape index (κ2) is 7.58. The van der Waals surface area contributed by atoms with E-state index in [2.05, 4.69) is 72.8 Å². The fraction of sp³-hybridized carbons (Fsp3) is 0. The zero-order valence-corrected chi connectivity index (χ0v) is 19.9. The van der Waals surface area contributed by atoms with Gasteiger partial charge in [-0.2, -0.15) is 0 Å². The van der Waals surface area contributed by atoms with Gasteiger partial charge < -0.3 is 4.74 Å². The van der Waals surface area contributed by atoms with Crippen molar-refractivity contribution in [2.45, 2.75) is 0 Å². The van der Waals surface area contributed by atoms with Gasteiger partial charge in [0.1, 0.15) is 0 Å². The van der Waals surface area contributed by atoms with Gasteiger partial charge in [0.2, 0.25) is 6.71 Å². The van der Waals surface area contributed by atoms with Gasteiger partial charge in [-0.15, -0.1) is 0 Å². The van der Waals surface area contributed by atoms with Crippen LogP contribution < -0.4 is 26.0 Å². The standard InChI is InChI=1S/C33H20BNO2/c36-33-35-28-18-10-9-17-26(28)34(22-13-5-2-6-14-22)27-20-19-25-23-15-7-8-16-24(23)29(21-11-3-1-4-12-21)32(37-33)30(25)31(27)35/h1-20H. The van der Waals surface area contributed by atoms with Gasteiger partial charge in [-0.1, -0.05) is 121 Å². The van der Waals surface area contributed by atoms with E-state index in [1.54, 1.807) is 4.90 Å². The number of nitrogens with zero attached hydrogens (tertiary/aromatic N) is 1. The van der Waals surface area contributed by atoms with Crippen LogP contribution in [0.25, 0.3) is 32.7 Å². The van der Waals surface area contributed by atoms with E-state index in [9.17, 15) is 4.79 Å². The first-order valence-electron chi connectivity index (χ1n) is 12.5. The Labute approximate surface area is 214 Å². The lowest BCUT2D eigenvalue weighted by atomic mass is 9.35. The molecule has 1 amide bonds. The van der Waals surface area contributed by atoms with Crippen molar-refractivity contribution >= 4 is 62.1 Å². The average molecular weight is 473 g/mol. The van der Waals surface area contributed by atoms with E-state index in [0.717, 1.165) is 55.0 Å². The SMILES string of the molecule is O=C1Oc2c(-c3ccccc3)c3ccccc3c3ccc4c(c23)N1c1ccccc1B4c1ccccc1. The summed E-state index contributed by atoms with van der Waals surface area (Å²) in [7, 11) is 0. The highest BCUT2D eigenvalue weighted by molar-refractivity contribution is 6.98. The summed E-state index contributed by atoms with van der Waals surface area (Å²) in [4.78, 5) is 15.6. The second-order valence-corrected chi connectivity index (χ2v) is 9.65. The van der Waals surface area contributed by atoms with E-state index < -0.39 is 0 Å². The maximum Gasteiger partial charge on any atom is 0.424 e. The molecule has 2 aliphatic heterocycles. The van der Waals surface area contributed by atoms with Crippen molar-refractivity contribution in [1.29, 1.82) is 0 Å². The number of amides is 1. The summed E-state index contributed by atoms with van der Waals surface area (Å²) in [6, 6.07) is 41.8. The maximum atomic E-state index is 13.8. The van der Waals surface area contributed by atoms with E-state index in [0.29, 0.717) is 5.75 Å². The highest BCUT2D eigenvalue weighted by Crippen LogP contribution is 2.51. The van der Waals surface area contributed by atoms with Crippen molar-refractivity contribution in [2.75, 3.05) is 4.90 Å². The average Bonchev–Trinajstić information content (AvgIpc) is 2.96. The molecule has 0 aliphatic carbocycles. The van der Waals surface area contributed by atoms with Gasteiger partial charge in [-0.3, -0.25) is 0 Å². The highest BCUT2D eigenvalue weighted by atomic mass is 16.6. The minimum atomic E-state index is -0.368. The number of benzene rings is 6. The first kappa shape index (κ1) is 20.4. The van der Waals surface area contributed by atoms with E-state index in [4.69, 9.17) is 4.74 Å². The molecule has 0 fully saturated rings. The van der Waals surface area contributed by atoms with Gasteiger partial charge in [0.05, 0.1) is 5.69 Å². The molecule has 0 aromatic heterocycles. The molecule has 37 heavy (non-hydrogen) atoms. The quantitative estimate of drug-likeness (QED) is 0.223. The molecular formula is C33H20BNO2. The monoisotopic (exact) mass is 473 g/mol. The molecule has 0 spiro atoms. The first-order chi connectivity index (χ1) is 18.3. The summed E-state index contributed by atoms with van der Waals surface area (Å²) in [6.07, 6.45) is -0.368. The summed E-state index contributed by atoms with van der Waals surface area (Å²) in [5, 5.41) is 4.31. The fourth-order valence-corrected chi connectivity index (χ4v) is 6.26. The number of ether oxygens (including phenoxy) is 1. The lowest BCUT2D eigenvalue weighted by Crippen LogP contribution is -2.59. The Bertz CT molecular complexity index is 1880. The molecule has 6 aromatic rings.